The summed E-state index contributed by atoms with van der Waals surface area (Å²) in [4.78, 5) is 0. The fraction of sp³-hybridized carbons (Fsp3) is 1.00. The van der Waals surface area contributed by atoms with E-state index < -0.39 is 29.9 Å². The van der Waals surface area contributed by atoms with E-state index in [1.165, 1.54) is 0 Å². The summed E-state index contributed by atoms with van der Waals surface area (Å²) in [5.74, 6) is -17.6. The van der Waals surface area contributed by atoms with Crippen molar-refractivity contribution in [2.24, 2.45) is 0 Å². The van der Waals surface area contributed by atoms with Gasteiger partial charge in [-0.05, 0) is 0 Å². The van der Waals surface area contributed by atoms with Crippen molar-refractivity contribution in [3.05, 3.63) is 0 Å². The Labute approximate surface area is 70.7 Å². The van der Waals surface area contributed by atoms with E-state index in [1.807, 2.05) is 0 Å². The molecule has 0 aromatic heterocycles. The minimum absolute atomic E-state index is 4.92. The molecule has 0 atom stereocenters. The lowest BCUT2D eigenvalue weighted by molar-refractivity contribution is -0.212. The van der Waals surface area contributed by atoms with Crippen LogP contribution in [-0.4, -0.2) is 29.9 Å². The van der Waals surface area contributed by atoms with Crippen LogP contribution < -0.4 is 0 Å². The molecule has 84 valence electrons. The molecule has 0 aromatic carbocycles. The van der Waals surface area contributed by atoms with Gasteiger partial charge in [-0.3, -0.25) is 0 Å². The molecular formula is C5HF9. The number of hydrogen-bond donors (Lipinski definition) is 0. The van der Waals surface area contributed by atoms with E-state index >= 15 is 0 Å². The second-order valence-electron chi connectivity index (χ2n) is 2.73. The van der Waals surface area contributed by atoms with Gasteiger partial charge in [0.1, 0.15) is 0 Å². The summed E-state index contributed by atoms with van der Waals surface area (Å²) in [6.07, 6.45) is -4.92. The summed E-state index contributed by atoms with van der Waals surface area (Å²) in [5, 5.41) is 0. The van der Waals surface area contributed by atoms with Gasteiger partial charge in [0.15, 0.2) is 0 Å². The molecule has 1 aliphatic carbocycles. The molecule has 0 amide bonds. The Bertz CT molecular complexity index is 240. The van der Waals surface area contributed by atoms with Crippen LogP contribution in [0, 0.1) is 0 Å². The van der Waals surface area contributed by atoms with Crippen LogP contribution in [0.2, 0.25) is 0 Å². The zero-order valence-corrected chi connectivity index (χ0v) is 5.98. The molecule has 1 rings (SSSR count). The minimum atomic E-state index is -6.08. The van der Waals surface area contributed by atoms with E-state index in [-0.39, 0.29) is 0 Å². The van der Waals surface area contributed by atoms with Crippen LogP contribution in [0.15, 0.2) is 0 Å². The normalized spacial score (nSPS) is 27.9. The molecule has 0 spiro atoms. The molecule has 0 aromatic rings. The quantitative estimate of drug-likeness (QED) is 0.642. The second-order valence-corrected chi connectivity index (χ2v) is 2.73. The molecule has 9 heteroatoms. The highest BCUT2D eigenvalue weighted by Gasteiger charge is 3.07. The van der Waals surface area contributed by atoms with Gasteiger partial charge in [-0.2, -0.15) is 26.3 Å². The molecule has 0 N–H and O–H groups in total. The lowest BCUT2D eigenvalue weighted by atomic mass is 10.2. The lowest BCUT2D eigenvalue weighted by Gasteiger charge is -2.18. The predicted octanol–water partition coefficient (Wildman–Crippen LogP) is 2.88. The first-order valence-corrected chi connectivity index (χ1v) is 3.05. The van der Waals surface area contributed by atoms with E-state index in [1.54, 1.807) is 0 Å². The first kappa shape index (κ1) is 11.4. The maximum Gasteiger partial charge on any atom is 0.359 e. The monoisotopic (exact) mass is 232 g/mol. The number of alkyl halides is 9. The highest BCUT2D eigenvalue weighted by atomic mass is 19.4. The van der Waals surface area contributed by atoms with Crippen molar-refractivity contribution >= 4 is 0 Å². The summed E-state index contributed by atoms with van der Waals surface area (Å²) < 4.78 is 107. The first-order chi connectivity index (χ1) is 5.94. The predicted molar refractivity (Wildman–Crippen MR) is 24.7 cm³/mol. The molecule has 0 heterocycles. The Morgan fingerprint density at radius 2 is 1.07 bits per heavy atom. The van der Waals surface area contributed by atoms with Crippen LogP contribution >= 0.6 is 0 Å². The smallest absolute Gasteiger partial charge is 0.223 e. The topological polar surface area (TPSA) is 0 Å². The van der Waals surface area contributed by atoms with E-state index in [4.69, 9.17) is 0 Å². The van der Waals surface area contributed by atoms with Crippen LogP contribution in [0.25, 0.3) is 0 Å². The van der Waals surface area contributed by atoms with Gasteiger partial charge in [0, 0.05) is 0 Å². The summed E-state index contributed by atoms with van der Waals surface area (Å²) in [7, 11) is 0. The third kappa shape index (κ3) is 0.789. The molecule has 1 saturated carbocycles. The van der Waals surface area contributed by atoms with E-state index in [2.05, 4.69) is 0 Å². The SMILES string of the molecule is FC(F)C(F)(F)C1(F)C(F)(F)C1(F)F. The maximum absolute atomic E-state index is 12.4. The Balaban J connectivity index is 3.14. The maximum atomic E-state index is 12.4. The highest BCUT2D eigenvalue weighted by Crippen LogP contribution is 2.74. The van der Waals surface area contributed by atoms with Crippen molar-refractivity contribution in [2.75, 3.05) is 0 Å². The van der Waals surface area contributed by atoms with Crippen molar-refractivity contribution in [3.8, 4) is 0 Å². The highest BCUT2D eigenvalue weighted by molar-refractivity contribution is 5.34. The third-order valence-corrected chi connectivity index (χ3v) is 1.93. The van der Waals surface area contributed by atoms with Crippen LogP contribution in [-0.2, 0) is 0 Å². The third-order valence-electron chi connectivity index (χ3n) is 1.93. The Hall–Kier alpha value is -0.630. The second kappa shape index (κ2) is 2.30. The van der Waals surface area contributed by atoms with Gasteiger partial charge in [0.05, 0.1) is 0 Å². The molecule has 0 aliphatic heterocycles. The lowest BCUT2D eigenvalue weighted by Crippen LogP contribution is -2.45. The Morgan fingerprint density at radius 1 is 0.786 bits per heavy atom. The zero-order chi connectivity index (χ0) is 11.6. The molecule has 14 heavy (non-hydrogen) atoms. The summed E-state index contributed by atoms with van der Waals surface area (Å²) in [6.45, 7) is 0. The van der Waals surface area contributed by atoms with Gasteiger partial charge in [-0.15, -0.1) is 0 Å². The fourth-order valence-corrected chi connectivity index (χ4v) is 0.956. The van der Waals surface area contributed by atoms with Gasteiger partial charge >= 0.3 is 29.9 Å². The number of rotatable bonds is 2. The van der Waals surface area contributed by atoms with E-state index in [0.717, 1.165) is 0 Å². The molecule has 0 saturated heterocycles. The van der Waals surface area contributed by atoms with Crippen molar-refractivity contribution in [2.45, 2.75) is 29.9 Å². The fourth-order valence-electron chi connectivity index (χ4n) is 0.956. The van der Waals surface area contributed by atoms with Gasteiger partial charge in [-0.25, -0.2) is 13.2 Å². The van der Waals surface area contributed by atoms with Crippen molar-refractivity contribution in [1.29, 1.82) is 0 Å². The number of hydrogen-bond acceptors (Lipinski definition) is 0. The van der Waals surface area contributed by atoms with Crippen molar-refractivity contribution in [3.63, 3.8) is 0 Å². The Morgan fingerprint density at radius 3 is 1.14 bits per heavy atom. The minimum Gasteiger partial charge on any atom is -0.223 e. The molecular weight excluding hydrogens is 231 g/mol. The molecule has 0 radical (unpaired) electrons. The molecule has 1 fully saturated rings. The molecule has 0 nitrogen and oxygen atoms in total. The van der Waals surface area contributed by atoms with Gasteiger partial charge in [0.25, 0.3) is 0 Å². The molecule has 1 aliphatic rings. The Kier molecular flexibility index (Phi) is 1.88. The van der Waals surface area contributed by atoms with Crippen LogP contribution in [0.5, 0.6) is 0 Å². The standard InChI is InChI=1S/C5HF9/c6-1(7)2(8,9)3(10)4(11,12)5(3,13)14/h1H. The average molecular weight is 232 g/mol. The first-order valence-electron chi connectivity index (χ1n) is 3.05. The van der Waals surface area contributed by atoms with Crippen LogP contribution in [0.4, 0.5) is 39.5 Å². The van der Waals surface area contributed by atoms with Gasteiger partial charge in [-0.1, -0.05) is 0 Å². The summed E-state index contributed by atoms with van der Waals surface area (Å²) in [5.41, 5.74) is -5.79. The summed E-state index contributed by atoms with van der Waals surface area (Å²) >= 11 is 0. The van der Waals surface area contributed by atoms with Crippen molar-refractivity contribution in [1.82, 2.24) is 0 Å². The van der Waals surface area contributed by atoms with Gasteiger partial charge in [0.2, 0.25) is 0 Å². The largest absolute Gasteiger partial charge is 0.359 e. The van der Waals surface area contributed by atoms with E-state index in [9.17, 15) is 39.5 Å². The molecule has 0 bridgehead atoms. The zero-order valence-electron chi connectivity index (χ0n) is 5.98. The van der Waals surface area contributed by atoms with Crippen molar-refractivity contribution < 1.29 is 39.5 Å². The van der Waals surface area contributed by atoms with Gasteiger partial charge < -0.3 is 0 Å². The van der Waals surface area contributed by atoms with Crippen LogP contribution in [0.1, 0.15) is 0 Å². The summed E-state index contributed by atoms with van der Waals surface area (Å²) in [6, 6.07) is 0. The van der Waals surface area contributed by atoms with E-state index in [0.29, 0.717) is 0 Å². The number of halogens is 9. The molecule has 0 unspecified atom stereocenters. The van der Waals surface area contributed by atoms with Crippen LogP contribution in [0.3, 0.4) is 0 Å². The average Bonchev–Trinajstić information content (AvgIpc) is 2.30.